The molecule has 20 heavy (non-hydrogen) atoms. The summed E-state index contributed by atoms with van der Waals surface area (Å²) in [5.41, 5.74) is 1.74. The minimum absolute atomic E-state index is 0.425. The van der Waals surface area contributed by atoms with E-state index in [1.54, 1.807) is 0 Å². The number of allylic oxidation sites excluding steroid dienone is 1. The quantitative estimate of drug-likeness (QED) is 0.743. The molecule has 0 spiro atoms. The van der Waals surface area contributed by atoms with Crippen LogP contribution in [0.5, 0.6) is 0 Å². The van der Waals surface area contributed by atoms with Crippen molar-refractivity contribution in [2.24, 2.45) is 0 Å². The summed E-state index contributed by atoms with van der Waals surface area (Å²) in [7, 11) is 0. The van der Waals surface area contributed by atoms with Crippen LogP contribution in [0.15, 0.2) is 49.1 Å². The fourth-order valence-electron chi connectivity index (χ4n) is 1.98. The van der Waals surface area contributed by atoms with Crippen molar-refractivity contribution in [2.75, 3.05) is 0 Å². The van der Waals surface area contributed by atoms with Crippen molar-refractivity contribution in [2.45, 2.75) is 12.8 Å². The fraction of sp³-hybridized carbons (Fsp3) is 0.118. The fourth-order valence-corrected chi connectivity index (χ4v) is 1.98. The minimum atomic E-state index is -0.835. The van der Waals surface area contributed by atoms with Gasteiger partial charge in [-0.25, -0.2) is 8.78 Å². The summed E-state index contributed by atoms with van der Waals surface area (Å²) in [5.74, 6) is -1.67. The van der Waals surface area contributed by atoms with Crippen LogP contribution in [0.25, 0.3) is 11.1 Å². The molecule has 0 N–H and O–H groups in total. The van der Waals surface area contributed by atoms with E-state index in [4.69, 9.17) is 5.26 Å². The highest BCUT2D eigenvalue weighted by Gasteiger charge is 2.11. The van der Waals surface area contributed by atoms with Crippen LogP contribution in [0.2, 0.25) is 0 Å². The molecule has 0 radical (unpaired) electrons. The van der Waals surface area contributed by atoms with Crippen LogP contribution in [-0.4, -0.2) is 0 Å². The molecule has 0 aromatic heterocycles. The van der Waals surface area contributed by atoms with Gasteiger partial charge in [0.1, 0.15) is 23.3 Å². The van der Waals surface area contributed by atoms with Gasteiger partial charge in [0.2, 0.25) is 0 Å². The highest BCUT2D eigenvalue weighted by atomic mass is 19.1. The number of benzene rings is 2. The van der Waals surface area contributed by atoms with E-state index in [0.717, 1.165) is 24.0 Å². The van der Waals surface area contributed by atoms with Gasteiger partial charge in [0.05, 0.1) is 0 Å². The summed E-state index contributed by atoms with van der Waals surface area (Å²) in [5, 5.41) is 8.64. The number of hydrogen-bond donors (Lipinski definition) is 0. The maximum atomic E-state index is 13.6. The van der Waals surface area contributed by atoms with E-state index in [0.29, 0.717) is 5.56 Å². The predicted molar refractivity (Wildman–Crippen MR) is 75.0 cm³/mol. The minimum Gasteiger partial charge on any atom is -0.205 e. The smallest absolute Gasteiger partial charge is 0.144 e. The zero-order valence-corrected chi connectivity index (χ0v) is 10.9. The van der Waals surface area contributed by atoms with Gasteiger partial charge in [0.25, 0.3) is 0 Å². The number of halogens is 2. The van der Waals surface area contributed by atoms with Crippen LogP contribution in [0.3, 0.4) is 0 Å². The summed E-state index contributed by atoms with van der Waals surface area (Å²) in [6, 6.07) is 11.4. The van der Waals surface area contributed by atoms with Crippen LogP contribution in [0, 0.1) is 23.0 Å². The van der Waals surface area contributed by atoms with Gasteiger partial charge in [-0.15, -0.1) is 6.58 Å². The summed E-state index contributed by atoms with van der Waals surface area (Å²) in [6.07, 6.45) is 3.62. The van der Waals surface area contributed by atoms with Gasteiger partial charge >= 0.3 is 0 Å². The second-order valence-corrected chi connectivity index (χ2v) is 4.45. The molecule has 0 aliphatic heterocycles. The molecule has 3 heteroatoms. The molecular formula is C17H13F2N. The van der Waals surface area contributed by atoms with Crippen molar-refractivity contribution < 1.29 is 8.78 Å². The van der Waals surface area contributed by atoms with E-state index in [-0.39, 0.29) is 0 Å². The van der Waals surface area contributed by atoms with Gasteiger partial charge in [0.15, 0.2) is 0 Å². The second-order valence-electron chi connectivity index (χ2n) is 4.45. The van der Waals surface area contributed by atoms with Crippen molar-refractivity contribution in [1.82, 2.24) is 0 Å². The Balaban J connectivity index is 2.33. The number of rotatable bonds is 4. The average Bonchev–Trinajstić information content (AvgIpc) is 2.45. The second kappa shape index (κ2) is 6.12. The summed E-state index contributed by atoms with van der Waals surface area (Å²) >= 11 is 0. The topological polar surface area (TPSA) is 23.8 Å². The lowest BCUT2D eigenvalue weighted by Crippen LogP contribution is -1.92. The standard InChI is InChI=1S/C17H13F2N/c1-2-3-4-12-5-7-13(8-6-12)14-9-16(18)15(11-20)17(19)10-14/h2,5-10H,1,3-4H2. The number of nitrogens with zero attached hydrogens (tertiary/aromatic N) is 1. The Morgan fingerprint density at radius 3 is 2.15 bits per heavy atom. The molecule has 0 atom stereocenters. The highest BCUT2D eigenvalue weighted by molar-refractivity contribution is 5.65. The molecule has 2 aromatic carbocycles. The monoisotopic (exact) mass is 269 g/mol. The highest BCUT2D eigenvalue weighted by Crippen LogP contribution is 2.24. The zero-order valence-electron chi connectivity index (χ0n) is 10.9. The molecule has 0 heterocycles. The molecule has 0 aliphatic carbocycles. The molecule has 2 aromatic rings. The molecule has 0 amide bonds. The third-order valence-electron chi connectivity index (χ3n) is 3.08. The lowest BCUT2D eigenvalue weighted by Gasteiger charge is -2.05. The number of nitriles is 1. The molecule has 0 saturated carbocycles. The Hall–Kier alpha value is -2.47. The van der Waals surface area contributed by atoms with E-state index in [1.165, 1.54) is 18.2 Å². The zero-order chi connectivity index (χ0) is 14.5. The first-order chi connectivity index (χ1) is 9.65. The molecule has 2 rings (SSSR count). The number of hydrogen-bond acceptors (Lipinski definition) is 1. The van der Waals surface area contributed by atoms with Gasteiger partial charge in [-0.2, -0.15) is 5.26 Å². The molecule has 0 fully saturated rings. The molecule has 0 bridgehead atoms. The third-order valence-corrected chi connectivity index (χ3v) is 3.08. The first-order valence-corrected chi connectivity index (χ1v) is 6.25. The lowest BCUT2D eigenvalue weighted by molar-refractivity contribution is 0.577. The van der Waals surface area contributed by atoms with Gasteiger partial charge in [-0.3, -0.25) is 0 Å². The summed E-state index contributed by atoms with van der Waals surface area (Å²) < 4.78 is 27.1. The average molecular weight is 269 g/mol. The Morgan fingerprint density at radius 2 is 1.65 bits per heavy atom. The van der Waals surface area contributed by atoms with Crippen molar-refractivity contribution >= 4 is 0 Å². The van der Waals surface area contributed by atoms with E-state index in [2.05, 4.69) is 6.58 Å². The van der Waals surface area contributed by atoms with Crippen LogP contribution in [0.1, 0.15) is 17.5 Å². The van der Waals surface area contributed by atoms with Crippen molar-refractivity contribution in [3.8, 4) is 17.2 Å². The molecule has 100 valence electrons. The predicted octanol–water partition coefficient (Wildman–Crippen LogP) is 4.62. The van der Waals surface area contributed by atoms with E-state index in [9.17, 15) is 8.78 Å². The van der Waals surface area contributed by atoms with E-state index in [1.807, 2.05) is 30.3 Å². The Morgan fingerprint density at radius 1 is 1.05 bits per heavy atom. The van der Waals surface area contributed by atoms with Gasteiger partial charge in [0, 0.05) is 0 Å². The van der Waals surface area contributed by atoms with E-state index < -0.39 is 17.2 Å². The molecule has 0 aliphatic rings. The molecular weight excluding hydrogens is 256 g/mol. The van der Waals surface area contributed by atoms with Crippen LogP contribution >= 0.6 is 0 Å². The first kappa shape index (κ1) is 14.0. The van der Waals surface area contributed by atoms with Crippen molar-refractivity contribution in [1.29, 1.82) is 5.26 Å². The SMILES string of the molecule is C=CCCc1ccc(-c2cc(F)c(C#N)c(F)c2)cc1. The first-order valence-electron chi connectivity index (χ1n) is 6.25. The van der Waals surface area contributed by atoms with E-state index >= 15 is 0 Å². The lowest BCUT2D eigenvalue weighted by atomic mass is 10.0. The van der Waals surface area contributed by atoms with Crippen molar-refractivity contribution in [3.63, 3.8) is 0 Å². The Kier molecular flexibility index (Phi) is 4.27. The normalized spacial score (nSPS) is 10.1. The van der Waals surface area contributed by atoms with Gasteiger partial charge in [-0.1, -0.05) is 30.3 Å². The van der Waals surface area contributed by atoms with Gasteiger partial charge in [-0.05, 0) is 41.7 Å². The Labute approximate surface area is 116 Å². The van der Waals surface area contributed by atoms with Crippen LogP contribution in [0.4, 0.5) is 8.78 Å². The summed E-state index contributed by atoms with van der Waals surface area (Å²) in [6.45, 7) is 3.67. The molecule has 0 saturated heterocycles. The molecule has 1 nitrogen and oxygen atoms in total. The van der Waals surface area contributed by atoms with Crippen LogP contribution < -0.4 is 0 Å². The number of aryl methyl sites for hydroxylation is 1. The maximum Gasteiger partial charge on any atom is 0.144 e. The van der Waals surface area contributed by atoms with Crippen LogP contribution in [-0.2, 0) is 6.42 Å². The van der Waals surface area contributed by atoms with Gasteiger partial charge < -0.3 is 0 Å². The Bertz CT molecular complexity index is 643. The third kappa shape index (κ3) is 2.92. The largest absolute Gasteiger partial charge is 0.205 e. The summed E-state index contributed by atoms with van der Waals surface area (Å²) in [4.78, 5) is 0. The van der Waals surface area contributed by atoms with Crippen molar-refractivity contribution in [3.05, 3.63) is 71.8 Å². The maximum absolute atomic E-state index is 13.6. The molecule has 0 unspecified atom stereocenters.